The van der Waals surface area contributed by atoms with E-state index in [1.54, 1.807) is 0 Å². The number of carbonyl (C=O) groups is 1. The van der Waals surface area contributed by atoms with Crippen molar-refractivity contribution in [3.63, 3.8) is 0 Å². The molecule has 4 heterocycles. The van der Waals surface area contributed by atoms with E-state index < -0.39 is 0 Å². The Morgan fingerprint density at radius 2 is 1.71 bits per heavy atom. The van der Waals surface area contributed by atoms with Crippen molar-refractivity contribution >= 4 is 28.2 Å². The lowest BCUT2D eigenvalue weighted by atomic mass is 9.71. The summed E-state index contributed by atoms with van der Waals surface area (Å²) in [5.74, 6) is 0.829. The number of para-hydroxylation sites is 1. The molecular formula is C34H33N5O3. The fourth-order valence-electron chi connectivity index (χ4n) is 6.81. The number of anilines is 1. The summed E-state index contributed by atoms with van der Waals surface area (Å²) in [6.45, 7) is 3.11. The van der Waals surface area contributed by atoms with Crippen molar-refractivity contribution in [2.75, 3.05) is 38.3 Å². The van der Waals surface area contributed by atoms with Crippen LogP contribution >= 0.6 is 0 Å². The summed E-state index contributed by atoms with van der Waals surface area (Å²) in [5.41, 5.74) is 8.64. The zero-order valence-corrected chi connectivity index (χ0v) is 23.6. The Morgan fingerprint density at radius 1 is 0.905 bits per heavy atom. The van der Waals surface area contributed by atoms with Gasteiger partial charge in [0.15, 0.2) is 5.65 Å². The number of benzene rings is 2. The molecule has 8 heteroatoms. The largest absolute Gasteiger partial charge is 0.469 e. The number of hydrogen-bond donors (Lipinski definition) is 0. The number of rotatable bonds is 6. The third kappa shape index (κ3) is 4.32. The van der Waals surface area contributed by atoms with Crippen LogP contribution in [0.4, 0.5) is 5.69 Å². The molecule has 42 heavy (non-hydrogen) atoms. The molecule has 8 nitrogen and oxygen atoms in total. The van der Waals surface area contributed by atoms with E-state index in [-0.39, 0.29) is 17.8 Å². The minimum absolute atomic E-state index is 0.0272. The van der Waals surface area contributed by atoms with Crippen molar-refractivity contribution in [1.29, 1.82) is 0 Å². The molecule has 0 spiro atoms. The monoisotopic (exact) mass is 559 g/mol. The highest BCUT2D eigenvalue weighted by molar-refractivity contribution is 5.79. The highest BCUT2D eigenvalue weighted by Gasteiger charge is 2.45. The van der Waals surface area contributed by atoms with Gasteiger partial charge in [0.1, 0.15) is 0 Å². The molecule has 2 aliphatic carbocycles. The summed E-state index contributed by atoms with van der Waals surface area (Å²) in [6.07, 6.45) is 4.75. The van der Waals surface area contributed by atoms with Gasteiger partial charge in [-0.1, -0.05) is 48.5 Å². The summed E-state index contributed by atoms with van der Waals surface area (Å²) in [7, 11) is 1.46. The predicted molar refractivity (Wildman–Crippen MR) is 161 cm³/mol. The van der Waals surface area contributed by atoms with Crippen molar-refractivity contribution < 1.29 is 14.3 Å². The Bertz CT molecular complexity index is 1790. The fourth-order valence-corrected chi connectivity index (χ4v) is 6.81. The molecule has 1 saturated heterocycles. The second-order valence-electron chi connectivity index (χ2n) is 11.8. The molecule has 1 aliphatic heterocycles. The zero-order chi connectivity index (χ0) is 28.2. The molecule has 0 radical (unpaired) electrons. The third-order valence-corrected chi connectivity index (χ3v) is 9.35. The maximum absolute atomic E-state index is 12.0. The number of esters is 1. The Balaban J connectivity index is 1.14. The van der Waals surface area contributed by atoms with Gasteiger partial charge in [0.2, 0.25) is 0 Å². The number of fused-ring (bicyclic) bond motifs is 2. The summed E-state index contributed by atoms with van der Waals surface area (Å²) >= 11 is 0. The molecule has 0 unspecified atom stereocenters. The molecule has 8 rings (SSSR count). The van der Waals surface area contributed by atoms with Crippen LogP contribution in [0.5, 0.6) is 0 Å². The molecule has 0 N–H and O–H groups in total. The normalized spacial score (nSPS) is 23.6. The second-order valence-corrected chi connectivity index (χ2v) is 11.8. The van der Waals surface area contributed by atoms with Crippen LogP contribution < -0.4 is 4.90 Å². The van der Waals surface area contributed by atoms with Crippen LogP contribution in [0.3, 0.4) is 0 Å². The van der Waals surface area contributed by atoms with E-state index in [0.717, 1.165) is 71.8 Å². The average Bonchev–Trinajstić information content (AvgIpc) is 3.74. The van der Waals surface area contributed by atoms with E-state index in [9.17, 15) is 4.79 Å². The lowest BCUT2D eigenvalue weighted by Crippen LogP contribution is -2.36. The number of morpholine rings is 1. The van der Waals surface area contributed by atoms with Gasteiger partial charge >= 0.3 is 5.97 Å². The Hall–Kier alpha value is -4.30. The van der Waals surface area contributed by atoms with Crippen LogP contribution in [-0.4, -0.2) is 59.0 Å². The number of hydrogen-bond acceptors (Lipinski definition) is 7. The first-order valence-corrected chi connectivity index (χ1v) is 14.9. The molecule has 0 amide bonds. The summed E-state index contributed by atoms with van der Waals surface area (Å²) in [6, 6.07) is 23.4. The first-order chi connectivity index (χ1) is 20.7. The minimum Gasteiger partial charge on any atom is -0.469 e. The SMILES string of the molecule is COC(=O)[C@H]1C[C@@H]1c1ccc(-c2c(C3CC(c4ccc5ccccc5n4)C3)nc3c(N4CCOCC4)ccnn23)cc1. The van der Waals surface area contributed by atoms with E-state index in [2.05, 4.69) is 71.6 Å². The van der Waals surface area contributed by atoms with E-state index in [1.807, 2.05) is 10.7 Å². The molecule has 0 bridgehead atoms. The summed E-state index contributed by atoms with van der Waals surface area (Å²) < 4.78 is 12.6. The molecule has 3 aliphatic rings. The van der Waals surface area contributed by atoms with E-state index >= 15 is 0 Å². The molecule has 3 aromatic heterocycles. The van der Waals surface area contributed by atoms with Crippen molar-refractivity contribution in [2.45, 2.75) is 37.0 Å². The number of imidazole rings is 1. The summed E-state index contributed by atoms with van der Waals surface area (Å²) in [5, 5.41) is 6.00. The van der Waals surface area contributed by atoms with Gasteiger partial charge in [-0.3, -0.25) is 9.78 Å². The predicted octanol–water partition coefficient (Wildman–Crippen LogP) is 5.72. The topological polar surface area (TPSA) is 81.8 Å². The Kier molecular flexibility index (Phi) is 6.17. The molecule has 5 aromatic rings. The molecule has 2 atom stereocenters. The molecule has 2 saturated carbocycles. The van der Waals surface area contributed by atoms with Crippen LogP contribution in [-0.2, 0) is 14.3 Å². The number of pyridine rings is 1. The van der Waals surface area contributed by atoms with Crippen molar-refractivity contribution in [1.82, 2.24) is 19.6 Å². The van der Waals surface area contributed by atoms with Gasteiger partial charge in [-0.05, 0) is 48.9 Å². The van der Waals surface area contributed by atoms with Crippen LogP contribution in [0.15, 0.2) is 72.9 Å². The van der Waals surface area contributed by atoms with Gasteiger partial charge in [0.05, 0.1) is 55.0 Å². The highest BCUT2D eigenvalue weighted by atomic mass is 16.5. The smallest absolute Gasteiger partial charge is 0.309 e. The lowest BCUT2D eigenvalue weighted by Gasteiger charge is -2.34. The highest BCUT2D eigenvalue weighted by Crippen LogP contribution is 2.51. The minimum atomic E-state index is -0.117. The lowest BCUT2D eigenvalue weighted by molar-refractivity contribution is -0.142. The zero-order valence-electron chi connectivity index (χ0n) is 23.6. The van der Waals surface area contributed by atoms with Crippen molar-refractivity contribution in [3.05, 3.63) is 89.9 Å². The molecule has 3 fully saturated rings. The first-order valence-electron chi connectivity index (χ1n) is 14.9. The molecule has 2 aromatic carbocycles. The fraction of sp³-hybridized carbons (Fsp3) is 0.353. The second kappa shape index (κ2) is 10.2. The third-order valence-electron chi connectivity index (χ3n) is 9.35. The first kappa shape index (κ1) is 25.4. The number of nitrogens with zero attached hydrogens (tertiary/aromatic N) is 5. The van der Waals surface area contributed by atoms with Gasteiger partial charge in [-0.15, -0.1) is 0 Å². The quantitative estimate of drug-likeness (QED) is 0.246. The van der Waals surface area contributed by atoms with Gasteiger partial charge in [0, 0.05) is 41.6 Å². The van der Waals surface area contributed by atoms with Crippen molar-refractivity contribution in [3.8, 4) is 11.3 Å². The number of aromatic nitrogens is 4. The van der Waals surface area contributed by atoms with Gasteiger partial charge in [-0.2, -0.15) is 5.10 Å². The van der Waals surface area contributed by atoms with Crippen LogP contribution in [0.2, 0.25) is 0 Å². The maximum Gasteiger partial charge on any atom is 0.309 e. The van der Waals surface area contributed by atoms with Crippen molar-refractivity contribution in [2.24, 2.45) is 5.92 Å². The number of ether oxygens (including phenoxy) is 2. The van der Waals surface area contributed by atoms with Gasteiger partial charge < -0.3 is 14.4 Å². The van der Waals surface area contributed by atoms with Crippen LogP contribution in [0.1, 0.15) is 54.0 Å². The standard InChI is InChI=1S/C34H33N5O3/c1-41-34(40)27-20-26(27)21-6-8-23(9-7-21)32-31(37-33-30(12-13-35-39(32)33)38-14-16-42-17-15-38)25-18-24(19-25)29-11-10-22-4-2-3-5-28(22)36-29/h2-13,24-27H,14-20H2,1H3/t24?,25?,26-,27+/m1/s1. The maximum atomic E-state index is 12.0. The van der Waals surface area contributed by atoms with Gasteiger partial charge in [0.25, 0.3) is 0 Å². The number of methoxy groups -OCH3 is 1. The molecular weight excluding hydrogens is 526 g/mol. The van der Waals surface area contributed by atoms with Crippen LogP contribution in [0.25, 0.3) is 27.8 Å². The Morgan fingerprint density at radius 3 is 2.52 bits per heavy atom. The number of carbonyl (C=O) groups excluding carboxylic acids is 1. The molecule has 212 valence electrons. The van der Waals surface area contributed by atoms with E-state index in [0.29, 0.717) is 25.0 Å². The van der Waals surface area contributed by atoms with Gasteiger partial charge in [-0.25, -0.2) is 9.50 Å². The van der Waals surface area contributed by atoms with Crippen LogP contribution in [0, 0.1) is 5.92 Å². The summed E-state index contributed by atoms with van der Waals surface area (Å²) in [4.78, 5) is 24.7. The van der Waals surface area contributed by atoms with E-state index in [4.69, 9.17) is 24.5 Å². The Labute approximate surface area is 244 Å². The average molecular weight is 560 g/mol. The van der Waals surface area contributed by atoms with E-state index in [1.165, 1.54) is 18.1 Å².